The predicted molar refractivity (Wildman–Crippen MR) is 122 cm³/mol. The normalized spacial score (nSPS) is 15.1. The largest absolute Gasteiger partial charge is 0.496 e. The first-order chi connectivity index (χ1) is 13.9. The van der Waals surface area contributed by atoms with E-state index in [0.29, 0.717) is 15.0 Å². The molecule has 0 radical (unpaired) electrons. The molecule has 7 heteroatoms. The average Bonchev–Trinajstić information content (AvgIpc) is 2.95. The van der Waals surface area contributed by atoms with E-state index in [1.165, 1.54) is 16.7 Å². The molecule has 2 amide bonds. The number of methoxy groups -OCH3 is 1. The fraction of sp³-hybridized carbons (Fsp3) is 0.227. The molecule has 0 unspecified atom stereocenters. The van der Waals surface area contributed by atoms with Crippen LogP contribution in [0.3, 0.4) is 0 Å². The Morgan fingerprint density at radius 2 is 2.00 bits per heavy atom. The second-order valence-electron chi connectivity index (χ2n) is 6.69. The van der Waals surface area contributed by atoms with Gasteiger partial charge in [0.25, 0.3) is 5.91 Å². The summed E-state index contributed by atoms with van der Waals surface area (Å²) in [6.45, 7) is 4.20. The van der Waals surface area contributed by atoms with Gasteiger partial charge in [0.05, 0.1) is 12.0 Å². The van der Waals surface area contributed by atoms with E-state index >= 15 is 0 Å². The molecule has 0 atom stereocenters. The maximum atomic E-state index is 12.8. The molecular formula is C22H22N2O3S2. The Balaban J connectivity index is 1.64. The van der Waals surface area contributed by atoms with Crippen molar-refractivity contribution < 1.29 is 14.3 Å². The number of carbonyl (C=O) groups is 2. The predicted octanol–water partition coefficient (Wildman–Crippen LogP) is 4.54. The first-order valence-corrected chi connectivity index (χ1v) is 10.4. The van der Waals surface area contributed by atoms with Crippen molar-refractivity contribution in [2.45, 2.75) is 20.3 Å². The van der Waals surface area contributed by atoms with E-state index in [9.17, 15) is 9.59 Å². The summed E-state index contributed by atoms with van der Waals surface area (Å²) in [5.41, 5.74) is 3.73. The van der Waals surface area contributed by atoms with Crippen molar-refractivity contribution in [3.8, 4) is 5.75 Å². The number of hydrogen-bond donors (Lipinski definition) is 1. The molecule has 3 rings (SSSR count). The van der Waals surface area contributed by atoms with Gasteiger partial charge in [-0.2, -0.15) is 0 Å². The summed E-state index contributed by atoms with van der Waals surface area (Å²) in [4.78, 5) is 27.1. The lowest BCUT2D eigenvalue weighted by Crippen LogP contribution is -2.31. The molecule has 1 saturated heterocycles. The number of nitrogens with one attached hydrogen (secondary N) is 1. The molecule has 0 spiro atoms. The van der Waals surface area contributed by atoms with Gasteiger partial charge in [-0.05, 0) is 37.6 Å². The standard InChI is InChI=1S/C22H22N2O3S2/c1-14-8-9-17(15(2)12-14)23-20(25)10-11-24-21(26)19(29-22(24)28)13-16-6-4-5-7-18(16)27-3/h4-9,12-13H,10-11H2,1-3H3,(H,23,25)/b19-13-. The van der Waals surface area contributed by atoms with Crippen molar-refractivity contribution in [3.05, 3.63) is 64.1 Å². The zero-order chi connectivity index (χ0) is 21.0. The van der Waals surface area contributed by atoms with Crippen molar-refractivity contribution in [1.82, 2.24) is 4.90 Å². The fourth-order valence-corrected chi connectivity index (χ4v) is 4.30. The van der Waals surface area contributed by atoms with Crippen LogP contribution in [0.15, 0.2) is 47.4 Å². The van der Waals surface area contributed by atoms with Crippen LogP contribution in [0.5, 0.6) is 5.75 Å². The molecule has 2 aromatic carbocycles. The third kappa shape index (κ3) is 5.05. The zero-order valence-electron chi connectivity index (χ0n) is 16.5. The van der Waals surface area contributed by atoms with E-state index < -0.39 is 0 Å². The van der Waals surface area contributed by atoms with Crippen LogP contribution in [-0.2, 0) is 9.59 Å². The number of para-hydroxylation sites is 1. The number of benzene rings is 2. The van der Waals surface area contributed by atoms with E-state index in [-0.39, 0.29) is 24.8 Å². The maximum Gasteiger partial charge on any atom is 0.266 e. The van der Waals surface area contributed by atoms with Crippen LogP contribution >= 0.6 is 24.0 Å². The number of nitrogens with zero attached hydrogens (tertiary/aromatic N) is 1. The maximum absolute atomic E-state index is 12.8. The van der Waals surface area contributed by atoms with Crippen LogP contribution in [0.25, 0.3) is 6.08 Å². The Bertz CT molecular complexity index is 1000. The van der Waals surface area contributed by atoms with E-state index in [4.69, 9.17) is 17.0 Å². The van der Waals surface area contributed by atoms with Crippen LogP contribution in [0, 0.1) is 13.8 Å². The summed E-state index contributed by atoms with van der Waals surface area (Å²) in [5.74, 6) is 0.343. The van der Waals surface area contributed by atoms with E-state index in [1.807, 2.05) is 56.3 Å². The van der Waals surface area contributed by atoms with Crippen molar-refractivity contribution in [1.29, 1.82) is 0 Å². The van der Waals surface area contributed by atoms with Gasteiger partial charge in [-0.25, -0.2) is 0 Å². The minimum absolute atomic E-state index is 0.153. The van der Waals surface area contributed by atoms with Crippen molar-refractivity contribution in [2.24, 2.45) is 0 Å². The number of ether oxygens (including phenoxy) is 1. The number of thioether (sulfide) groups is 1. The first-order valence-electron chi connectivity index (χ1n) is 9.14. The smallest absolute Gasteiger partial charge is 0.266 e. The number of rotatable bonds is 6. The summed E-state index contributed by atoms with van der Waals surface area (Å²) in [6.07, 6.45) is 1.94. The monoisotopic (exact) mass is 426 g/mol. The van der Waals surface area contributed by atoms with Crippen molar-refractivity contribution in [2.75, 3.05) is 19.0 Å². The second-order valence-corrected chi connectivity index (χ2v) is 8.37. The van der Waals surface area contributed by atoms with Gasteiger partial charge in [-0.1, -0.05) is 59.9 Å². The molecule has 29 heavy (non-hydrogen) atoms. The molecule has 0 aromatic heterocycles. The molecule has 1 aliphatic rings. The summed E-state index contributed by atoms with van der Waals surface area (Å²) < 4.78 is 5.79. The lowest BCUT2D eigenvalue weighted by atomic mass is 10.1. The molecule has 0 bridgehead atoms. The van der Waals surface area contributed by atoms with E-state index in [1.54, 1.807) is 13.2 Å². The van der Waals surface area contributed by atoms with Crippen LogP contribution < -0.4 is 10.1 Å². The van der Waals surface area contributed by atoms with Crippen LogP contribution in [0.4, 0.5) is 5.69 Å². The lowest BCUT2D eigenvalue weighted by Gasteiger charge is -2.15. The SMILES string of the molecule is COc1ccccc1/C=C1\SC(=S)N(CCC(=O)Nc2ccc(C)cc2C)C1=O. The molecule has 1 N–H and O–H groups in total. The van der Waals surface area contributed by atoms with Crippen molar-refractivity contribution in [3.63, 3.8) is 0 Å². The van der Waals surface area contributed by atoms with Gasteiger partial charge in [0.1, 0.15) is 10.1 Å². The highest BCUT2D eigenvalue weighted by molar-refractivity contribution is 8.26. The van der Waals surface area contributed by atoms with Gasteiger partial charge in [0.2, 0.25) is 5.91 Å². The third-order valence-electron chi connectivity index (χ3n) is 4.52. The number of thiocarbonyl (C=S) groups is 1. The van der Waals surface area contributed by atoms with Crippen LogP contribution in [-0.4, -0.2) is 34.7 Å². The third-order valence-corrected chi connectivity index (χ3v) is 5.90. The van der Waals surface area contributed by atoms with Gasteiger partial charge < -0.3 is 10.1 Å². The van der Waals surface area contributed by atoms with Gasteiger partial charge in [-0.3, -0.25) is 14.5 Å². The number of carbonyl (C=O) groups excluding carboxylic acids is 2. The Morgan fingerprint density at radius 3 is 2.72 bits per heavy atom. The Hall–Kier alpha value is -2.64. The molecule has 150 valence electrons. The minimum Gasteiger partial charge on any atom is -0.496 e. The zero-order valence-corrected chi connectivity index (χ0v) is 18.2. The molecule has 1 fully saturated rings. The van der Waals surface area contributed by atoms with Crippen LogP contribution in [0.1, 0.15) is 23.1 Å². The topological polar surface area (TPSA) is 58.6 Å². The average molecular weight is 427 g/mol. The summed E-state index contributed by atoms with van der Waals surface area (Å²) >= 11 is 6.59. The highest BCUT2D eigenvalue weighted by atomic mass is 32.2. The van der Waals surface area contributed by atoms with E-state index in [2.05, 4.69) is 5.32 Å². The second kappa shape index (κ2) is 9.24. The molecule has 5 nitrogen and oxygen atoms in total. The summed E-state index contributed by atoms with van der Waals surface area (Å²) in [6, 6.07) is 13.3. The Morgan fingerprint density at radius 1 is 1.24 bits per heavy atom. The lowest BCUT2D eigenvalue weighted by molar-refractivity contribution is -0.122. The molecule has 1 heterocycles. The number of aryl methyl sites for hydroxylation is 2. The van der Waals surface area contributed by atoms with Gasteiger partial charge >= 0.3 is 0 Å². The van der Waals surface area contributed by atoms with Crippen LogP contribution in [0.2, 0.25) is 0 Å². The number of hydrogen-bond acceptors (Lipinski definition) is 5. The molecule has 2 aromatic rings. The Labute approximate surface area is 180 Å². The highest BCUT2D eigenvalue weighted by Crippen LogP contribution is 2.34. The van der Waals surface area contributed by atoms with E-state index in [0.717, 1.165) is 22.4 Å². The summed E-state index contributed by atoms with van der Waals surface area (Å²) in [5, 5.41) is 2.90. The minimum atomic E-state index is -0.190. The van der Waals surface area contributed by atoms with Gasteiger partial charge in [0, 0.05) is 24.2 Å². The van der Waals surface area contributed by atoms with Crippen molar-refractivity contribution >= 4 is 51.9 Å². The number of amides is 2. The Kier molecular flexibility index (Phi) is 6.71. The highest BCUT2D eigenvalue weighted by Gasteiger charge is 2.32. The molecule has 1 aliphatic heterocycles. The summed E-state index contributed by atoms with van der Waals surface area (Å²) in [7, 11) is 1.59. The molecule has 0 aliphatic carbocycles. The molecular weight excluding hydrogens is 404 g/mol. The quantitative estimate of drug-likeness (QED) is 0.543. The molecule has 0 saturated carbocycles. The van der Waals surface area contributed by atoms with Gasteiger partial charge in [0.15, 0.2) is 0 Å². The fourth-order valence-electron chi connectivity index (χ4n) is 3.00. The van der Waals surface area contributed by atoms with Gasteiger partial charge in [-0.15, -0.1) is 0 Å². The number of anilines is 1. The first kappa shape index (κ1) is 21.1.